The molecule has 0 unspecified atom stereocenters. The van der Waals surface area contributed by atoms with Gasteiger partial charge in [-0.3, -0.25) is 4.57 Å². The van der Waals surface area contributed by atoms with Crippen LogP contribution in [0.4, 0.5) is 0 Å². The number of Topliss-reactive ketones (excluding diaryl/α,β-unsaturated/α-hetero) is 1. The van der Waals surface area contributed by atoms with Crippen LogP contribution in [0.2, 0.25) is 0 Å². The topological polar surface area (TPSA) is 74.6 Å². The van der Waals surface area contributed by atoms with Gasteiger partial charge in [0.05, 0.1) is 0 Å². The first-order valence-corrected chi connectivity index (χ1v) is 5.21. The fourth-order valence-corrected chi connectivity index (χ4v) is 0.564. The summed E-state index contributed by atoms with van der Waals surface area (Å²) in [4.78, 5) is 24.7. The van der Waals surface area contributed by atoms with Crippen molar-refractivity contribution in [1.29, 1.82) is 0 Å². The van der Waals surface area contributed by atoms with Crippen molar-refractivity contribution in [2.45, 2.75) is 33.6 Å². The normalized spacial score (nSPS) is 8.77. The fourth-order valence-electron chi connectivity index (χ4n) is 0.564. The molecule has 0 saturated carbocycles. The lowest BCUT2D eigenvalue weighted by Gasteiger charge is -1.89. The molecule has 0 amide bonds. The molecule has 0 saturated heterocycles. The van der Waals surface area contributed by atoms with Gasteiger partial charge in [0.25, 0.3) is 0 Å². The zero-order chi connectivity index (χ0) is 10.9. The Bertz CT molecular complexity index is 190. The molecule has 0 aromatic rings. The summed E-state index contributed by atoms with van der Waals surface area (Å²) in [7, 11) is -3.13. The van der Waals surface area contributed by atoms with Crippen LogP contribution in [0.3, 0.4) is 0 Å². The van der Waals surface area contributed by atoms with E-state index in [0.29, 0.717) is 6.42 Å². The van der Waals surface area contributed by atoms with Crippen molar-refractivity contribution in [3.05, 3.63) is 11.6 Å². The molecule has 0 radical (unpaired) electrons. The lowest BCUT2D eigenvalue weighted by atomic mass is 10.2. The highest BCUT2D eigenvalue weighted by Gasteiger charge is 1.88. The number of ketones is 1. The van der Waals surface area contributed by atoms with Crippen molar-refractivity contribution in [1.82, 2.24) is 0 Å². The third-order valence-electron chi connectivity index (χ3n) is 1.05. The van der Waals surface area contributed by atoms with E-state index in [4.69, 9.17) is 14.4 Å². The molecular weight excluding hydrogens is 191 g/mol. The highest BCUT2D eigenvalue weighted by Crippen LogP contribution is 1.98. The van der Waals surface area contributed by atoms with Crippen molar-refractivity contribution in [3.8, 4) is 0 Å². The van der Waals surface area contributed by atoms with Gasteiger partial charge in [-0.1, -0.05) is 11.6 Å². The molecule has 0 aliphatic heterocycles. The van der Waals surface area contributed by atoms with Crippen LogP contribution in [0.15, 0.2) is 11.6 Å². The highest BCUT2D eigenvalue weighted by atomic mass is 31.1. The van der Waals surface area contributed by atoms with Crippen LogP contribution in [0.1, 0.15) is 33.6 Å². The van der Waals surface area contributed by atoms with Gasteiger partial charge in [-0.15, -0.1) is 0 Å². The molecular formula is C8H17O4P. The van der Waals surface area contributed by atoms with E-state index in [1.807, 2.05) is 13.8 Å². The van der Waals surface area contributed by atoms with Crippen molar-refractivity contribution in [3.63, 3.8) is 0 Å². The number of hydrogen-bond acceptors (Lipinski definition) is 2. The molecule has 0 aromatic carbocycles. The Morgan fingerprint density at radius 2 is 1.69 bits per heavy atom. The van der Waals surface area contributed by atoms with Crippen LogP contribution in [0, 0.1) is 0 Å². The van der Waals surface area contributed by atoms with Gasteiger partial charge in [0.15, 0.2) is 0 Å². The monoisotopic (exact) mass is 208 g/mol. The van der Waals surface area contributed by atoms with Gasteiger partial charge in [-0.25, -0.2) is 0 Å². The first kappa shape index (κ1) is 15.1. The van der Waals surface area contributed by atoms with Gasteiger partial charge in [0.2, 0.25) is 0 Å². The first-order valence-electron chi connectivity index (χ1n) is 3.91. The minimum absolute atomic E-state index is 0.271. The van der Waals surface area contributed by atoms with E-state index in [1.165, 1.54) is 5.57 Å². The van der Waals surface area contributed by atoms with Gasteiger partial charge in [0.1, 0.15) is 5.78 Å². The number of carbonyl (C=O) groups excluding carboxylic acids is 1. The van der Waals surface area contributed by atoms with E-state index < -0.39 is 8.25 Å². The SMILES string of the molecule is CC(=O)CCC=C(C)C.O=[PH](O)O. The number of allylic oxidation sites excluding steroid dienone is 2. The Morgan fingerprint density at radius 3 is 1.92 bits per heavy atom. The maximum atomic E-state index is 10.4. The maximum Gasteiger partial charge on any atom is 0.314 e. The summed E-state index contributed by atoms with van der Waals surface area (Å²) in [6, 6.07) is 0. The lowest BCUT2D eigenvalue weighted by molar-refractivity contribution is -0.116. The lowest BCUT2D eigenvalue weighted by Crippen LogP contribution is -1.86. The summed E-state index contributed by atoms with van der Waals surface area (Å²) in [6.45, 7) is 5.71. The molecule has 0 aromatic heterocycles. The maximum absolute atomic E-state index is 10.4. The largest absolute Gasteiger partial charge is 0.326 e. The van der Waals surface area contributed by atoms with Gasteiger partial charge in [-0.2, -0.15) is 0 Å². The molecule has 0 aliphatic carbocycles. The van der Waals surface area contributed by atoms with Crippen LogP contribution in [-0.4, -0.2) is 15.6 Å². The van der Waals surface area contributed by atoms with E-state index >= 15 is 0 Å². The van der Waals surface area contributed by atoms with Gasteiger partial charge in [-0.05, 0) is 27.2 Å². The van der Waals surface area contributed by atoms with Crippen LogP contribution in [0.5, 0.6) is 0 Å². The summed E-state index contributed by atoms with van der Waals surface area (Å²) >= 11 is 0. The Balaban J connectivity index is 0. The van der Waals surface area contributed by atoms with Gasteiger partial charge >= 0.3 is 8.25 Å². The Labute approximate surface area is 79.2 Å². The smallest absolute Gasteiger partial charge is 0.314 e. The van der Waals surface area contributed by atoms with Crippen LogP contribution in [0.25, 0.3) is 0 Å². The number of hydrogen-bond donors (Lipinski definition) is 2. The molecule has 0 heterocycles. The molecule has 0 aliphatic rings. The van der Waals surface area contributed by atoms with E-state index in [1.54, 1.807) is 6.92 Å². The molecule has 0 atom stereocenters. The average Bonchev–Trinajstić information content (AvgIpc) is 1.83. The molecule has 5 heteroatoms. The molecule has 4 nitrogen and oxygen atoms in total. The molecule has 0 fully saturated rings. The second kappa shape index (κ2) is 9.65. The quantitative estimate of drug-likeness (QED) is 0.546. The Morgan fingerprint density at radius 1 is 1.31 bits per heavy atom. The number of carbonyl (C=O) groups is 1. The van der Waals surface area contributed by atoms with E-state index in [9.17, 15) is 4.79 Å². The van der Waals surface area contributed by atoms with E-state index in [0.717, 1.165) is 6.42 Å². The van der Waals surface area contributed by atoms with Gasteiger partial charge < -0.3 is 14.6 Å². The van der Waals surface area contributed by atoms with Crippen LogP contribution in [-0.2, 0) is 9.36 Å². The second-order valence-corrected chi connectivity index (χ2v) is 3.37. The molecule has 2 N–H and O–H groups in total. The summed E-state index contributed by atoms with van der Waals surface area (Å²) in [5.41, 5.74) is 1.29. The molecule has 0 rings (SSSR count). The molecule has 13 heavy (non-hydrogen) atoms. The zero-order valence-corrected chi connectivity index (χ0v) is 9.20. The van der Waals surface area contributed by atoms with E-state index in [-0.39, 0.29) is 5.78 Å². The highest BCUT2D eigenvalue weighted by molar-refractivity contribution is 7.30. The average molecular weight is 208 g/mol. The summed E-state index contributed by atoms with van der Waals surface area (Å²) in [6.07, 6.45) is 3.67. The predicted octanol–water partition coefficient (Wildman–Crippen LogP) is 1.68. The zero-order valence-electron chi connectivity index (χ0n) is 8.20. The third-order valence-corrected chi connectivity index (χ3v) is 1.05. The molecule has 78 valence electrons. The van der Waals surface area contributed by atoms with Gasteiger partial charge in [0, 0.05) is 6.42 Å². The van der Waals surface area contributed by atoms with Crippen LogP contribution >= 0.6 is 8.25 Å². The van der Waals surface area contributed by atoms with Crippen molar-refractivity contribution in [2.24, 2.45) is 0 Å². The fraction of sp³-hybridized carbons (Fsp3) is 0.625. The third kappa shape index (κ3) is 34.2. The Hall–Kier alpha value is -0.440. The summed E-state index contributed by atoms with van der Waals surface area (Å²) < 4.78 is 8.74. The first-order chi connectivity index (χ1) is 5.86. The Kier molecular flexibility index (Phi) is 11.2. The van der Waals surface area contributed by atoms with E-state index in [2.05, 4.69) is 6.08 Å². The van der Waals surface area contributed by atoms with Crippen molar-refractivity contribution >= 4 is 14.0 Å². The molecule has 0 bridgehead atoms. The van der Waals surface area contributed by atoms with Crippen LogP contribution < -0.4 is 0 Å². The minimum atomic E-state index is -3.13. The van der Waals surface area contributed by atoms with Crippen molar-refractivity contribution < 1.29 is 19.1 Å². The summed E-state index contributed by atoms with van der Waals surface area (Å²) in [5, 5.41) is 0. The minimum Gasteiger partial charge on any atom is -0.326 e. The standard InChI is InChI=1S/C8H14O.H3O3P/c1-7(2)5-4-6-8(3)9;1-4(2)3/h5H,4,6H2,1-3H3;4H,(H2,1,2,3). The molecule has 0 spiro atoms. The number of rotatable bonds is 3. The van der Waals surface area contributed by atoms with Crippen molar-refractivity contribution in [2.75, 3.05) is 0 Å². The summed E-state index contributed by atoms with van der Waals surface area (Å²) in [5.74, 6) is 0.271. The predicted molar refractivity (Wildman–Crippen MR) is 52.8 cm³/mol. The second-order valence-electron chi connectivity index (χ2n) is 2.80.